The molecule has 3 heteroatoms. The van der Waals surface area contributed by atoms with Crippen LogP contribution in [0, 0.1) is 17.2 Å². The van der Waals surface area contributed by atoms with Crippen molar-refractivity contribution in [3.63, 3.8) is 0 Å². The van der Waals surface area contributed by atoms with E-state index in [1.165, 1.54) is 12.8 Å². The van der Waals surface area contributed by atoms with Crippen LogP contribution in [-0.2, 0) is 4.79 Å². The van der Waals surface area contributed by atoms with Gasteiger partial charge >= 0.3 is 0 Å². The summed E-state index contributed by atoms with van der Waals surface area (Å²) in [7, 11) is 0. The molecule has 0 spiro atoms. The van der Waals surface area contributed by atoms with E-state index in [-0.39, 0.29) is 18.2 Å². The number of nitriles is 1. The van der Waals surface area contributed by atoms with Gasteiger partial charge in [-0.25, -0.2) is 0 Å². The largest absolute Gasteiger partial charge is 0.311 e. The van der Waals surface area contributed by atoms with E-state index < -0.39 is 0 Å². The smallest absolute Gasteiger partial charge is 0.235 e. The second kappa shape index (κ2) is 3.89. The Morgan fingerprint density at radius 2 is 2.12 bits per heavy atom. The van der Waals surface area contributed by atoms with Gasteiger partial charge in [0.25, 0.3) is 0 Å². The third kappa shape index (κ3) is 1.70. The SMILES string of the molecule is N#CC[C@@H]1C(=O)N(CC2CC2)c2ccccc21. The number of rotatable bonds is 3. The van der Waals surface area contributed by atoms with E-state index in [1.807, 2.05) is 29.2 Å². The first-order chi connectivity index (χ1) is 8.31. The van der Waals surface area contributed by atoms with Crippen LogP contribution in [0.15, 0.2) is 24.3 Å². The van der Waals surface area contributed by atoms with Crippen LogP contribution < -0.4 is 4.90 Å². The standard InChI is InChI=1S/C14H14N2O/c15-8-7-12-11-3-1-2-4-13(11)16(14(12)17)9-10-5-6-10/h1-4,10,12H,5-7,9H2/t12-/m0/s1. The lowest BCUT2D eigenvalue weighted by molar-refractivity contribution is -0.119. The highest BCUT2D eigenvalue weighted by Gasteiger charge is 2.39. The molecule has 3 nitrogen and oxygen atoms in total. The Kier molecular flexibility index (Phi) is 2.36. The van der Waals surface area contributed by atoms with Crippen molar-refractivity contribution in [2.75, 3.05) is 11.4 Å². The fraction of sp³-hybridized carbons (Fsp3) is 0.429. The fourth-order valence-electron chi connectivity index (χ4n) is 2.50. The number of carbonyl (C=O) groups is 1. The number of para-hydroxylation sites is 1. The first-order valence-electron chi connectivity index (χ1n) is 6.08. The fourth-order valence-corrected chi connectivity index (χ4v) is 2.50. The number of carbonyl (C=O) groups excluding carboxylic acids is 1. The summed E-state index contributed by atoms with van der Waals surface area (Å²) < 4.78 is 0. The summed E-state index contributed by atoms with van der Waals surface area (Å²) in [5.41, 5.74) is 2.05. The maximum absolute atomic E-state index is 12.3. The molecule has 3 rings (SSSR count). The Labute approximate surface area is 101 Å². The van der Waals surface area contributed by atoms with Crippen LogP contribution in [0.4, 0.5) is 5.69 Å². The number of hydrogen-bond donors (Lipinski definition) is 0. The lowest BCUT2D eigenvalue weighted by atomic mass is 9.98. The van der Waals surface area contributed by atoms with Crippen molar-refractivity contribution >= 4 is 11.6 Å². The molecular weight excluding hydrogens is 212 g/mol. The van der Waals surface area contributed by atoms with Gasteiger partial charge in [0.1, 0.15) is 0 Å². The van der Waals surface area contributed by atoms with Crippen LogP contribution in [0.1, 0.15) is 30.7 Å². The highest BCUT2D eigenvalue weighted by atomic mass is 16.2. The number of benzene rings is 1. The van der Waals surface area contributed by atoms with Crippen LogP contribution in [0.25, 0.3) is 0 Å². The average molecular weight is 226 g/mol. The highest BCUT2D eigenvalue weighted by Crippen LogP contribution is 2.41. The van der Waals surface area contributed by atoms with Crippen LogP contribution in [-0.4, -0.2) is 12.5 Å². The average Bonchev–Trinajstić information content (AvgIpc) is 3.12. The summed E-state index contributed by atoms with van der Waals surface area (Å²) in [5, 5.41) is 8.83. The van der Waals surface area contributed by atoms with Gasteiger partial charge in [-0.1, -0.05) is 18.2 Å². The van der Waals surface area contributed by atoms with E-state index in [4.69, 9.17) is 5.26 Å². The zero-order valence-electron chi connectivity index (χ0n) is 9.60. The quantitative estimate of drug-likeness (QED) is 0.794. The number of hydrogen-bond acceptors (Lipinski definition) is 2. The minimum atomic E-state index is -0.241. The number of anilines is 1. The predicted octanol–water partition coefficient (Wildman–Crippen LogP) is 2.44. The zero-order chi connectivity index (χ0) is 11.8. The van der Waals surface area contributed by atoms with Crippen molar-refractivity contribution < 1.29 is 4.79 Å². The summed E-state index contributed by atoms with van der Waals surface area (Å²) >= 11 is 0. The lowest BCUT2D eigenvalue weighted by Crippen LogP contribution is -2.30. The molecule has 1 saturated carbocycles. The molecule has 1 atom stereocenters. The minimum absolute atomic E-state index is 0.111. The Hall–Kier alpha value is -1.82. The van der Waals surface area contributed by atoms with E-state index >= 15 is 0 Å². The Morgan fingerprint density at radius 3 is 2.82 bits per heavy atom. The summed E-state index contributed by atoms with van der Waals surface area (Å²) in [6.45, 7) is 0.831. The molecule has 1 aliphatic carbocycles. The Morgan fingerprint density at radius 1 is 1.35 bits per heavy atom. The third-order valence-electron chi connectivity index (χ3n) is 3.60. The molecule has 1 heterocycles. The zero-order valence-corrected chi connectivity index (χ0v) is 9.60. The molecule has 17 heavy (non-hydrogen) atoms. The summed E-state index contributed by atoms with van der Waals surface area (Å²) in [4.78, 5) is 14.2. The van der Waals surface area contributed by atoms with Gasteiger partial charge in [-0.15, -0.1) is 0 Å². The summed E-state index contributed by atoms with van der Waals surface area (Å²) in [6.07, 6.45) is 2.75. The molecule has 86 valence electrons. The Balaban J connectivity index is 1.96. The van der Waals surface area contributed by atoms with E-state index in [9.17, 15) is 4.79 Å². The molecule has 1 aliphatic heterocycles. The maximum atomic E-state index is 12.3. The maximum Gasteiger partial charge on any atom is 0.235 e. The lowest BCUT2D eigenvalue weighted by Gasteiger charge is -2.17. The topological polar surface area (TPSA) is 44.1 Å². The van der Waals surface area contributed by atoms with Crippen LogP contribution in [0.5, 0.6) is 0 Å². The Bertz CT molecular complexity index is 499. The molecule has 1 fully saturated rings. The minimum Gasteiger partial charge on any atom is -0.311 e. The molecule has 0 radical (unpaired) electrons. The molecule has 1 aromatic rings. The van der Waals surface area contributed by atoms with Gasteiger partial charge in [0.05, 0.1) is 18.4 Å². The van der Waals surface area contributed by atoms with Gasteiger partial charge in [-0.2, -0.15) is 5.26 Å². The monoisotopic (exact) mass is 226 g/mol. The van der Waals surface area contributed by atoms with Crippen molar-refractivity contribution in [1.29, 1.82) is 5.26 Å². The van der Waals surface area contributed by atoms with Crippen molar-refractivity contribution in [2.45, 2.75) is 25.2 Å². The molecular formula is C14H14N2O. The molecule has 0 saturated heterocycles. The van der Waals surface area contributed by atoms with Gasteiger partial charge in [0.2, 0.25) is 5.91 Å². The molecule has 1 amide bonds. The first kappa shape index (κ1) is 10.3. The second-order valence-corrected chi connectivity index (χ2v) is 4.87. The second-order valence-electron chi connectivity index (χ2n) is 4.87. The van der Waals surface area contributed by atoms with Crippen molar-refractivity contribution in [3.05, 3.63) is 29.8 Å². The number of fused-ring (bicyclic) bond motifs is 1. The van der Waals surface area contributed by atoms with E-state index in [1.54, 1.807) is 0 Å². The highest BCUT2D eigenvalue weighted by molar-refractivity contribution is 6.05. The molecule has 0 N–H and O–H groups in total. The van der Waals surface area contributed by atoms with Crippen LogP contribution >= 0.6 is 0 Å². The van der Waals surface area contributed by atoms with Crippen molar-refractivity contribution in [2.24, 2.45) is 5.92 Å². The number of amides is 1. The summed E-state index contributed by atoms with van der Waals surface area (Å²) in [6, 6.07) is 9.99. The van der Waals surface area contributed by atoms with Crippen molar-refractivity contribution in [1.82, 2.24) is 0 Å². The van der Waals surface area contributed by atoms with Gasteiger partial charge < -0.3 is 4.90 Å². The van der Waals surface area contributed by atoms with E-state index in [0.29, 0.717) is 5.92 Å². The third-order valence-corrected chi connectivity index (χ3v) is 3.60. The molecule has 1 aromatic carbocycles. The molecule has 0 bridgehead atoms. The molecule has 2 aliphatic rings. The molecule has 0 unspecified atom stereocenters. The summed E-state index contributed by atoms with van der Waals surface area (Å²) in [5.74, 6) is 0.544. The first-order valence-corrected chi connectivity index (χ1v) is 6.08. The van der Waals surface area contributed by atoms with E-state index in [2.05, 4.69) is 6.07 Å². The van der Waals surface area contributed by atoms with Gasteiger partial charge in [-0.3, -0.25) is 4.79 Å². The number of nitrogens with zero attached hydrogens (tertiary/aromatic N) is 2. The van der Waals surface area contributed by atoms with E-state index in [0.717, 1.165) is 17.8 Å². The molecule has 0 aromatic heterocycles. The van der Waals surface area contributed by atoms with Gasteiger partial charge in [0.15, 0.2) is 0 Å². The van der Waals surface area contributed by atoms with Gasteiger partial charge in [0, 0.05) is 12.2 Å². The predicted molar refractivity (Wildman–Crippen MR) is 64.5 cm³/mol. The normalized spacial score (nSPS) is 22.4. The van der Waals surface area contributed by atoms with Crippen LogP contribution in [0.2, 0.25) is 0 Å². The van der Waals surface area contributed by atoms with Gasteiger partial charge in [-0.05, 0) is 30.4 Å². The van der Waals surface area contributed by atoms with Crippen LogP contribution in [0.3, 0.4) is 0 Å². The van der Waals surface area contributed by atoms with Crippen molar-refractivity contribution in [3.8, 4) is 6.07 Å².